The summed E-state index contributed by atoms with van der Waals surface area (Å²) in [7, 11) is 1.62. The number of rotatable bonds is 1. The van der Waals surface area contributed by atoms with E-state index in [1.165, 1.54) is 0 Å². The highest BCUT2D eigenvalue weighted by molar-refractivity contribution is 6.00. The lowest BCUT2D eigenvalue weighted by Crippen LogP contribution is -2.19. The Hall–Kier alpha value is -1.35. The molecule has 1 aliphatic rings. The number of hydrogen-bond acceptors (Lipinski definition) is 3. The number of Topliss-reactive ketones (excluding diaryl/α,β-unsaturated/α-hetero) is 1. The predicted molar refractivity (Wildman–Crippen MR) is 56.4 cm³/mol. The fourth-order valence-electron chi connectivity index (χ4n) is 1.78. The summed E-state index contributed by atoms with van der Waals surface area (Å²) in [5.41, 5.74) is 1.78. The van der Waals surface area contributed by atoms with Crippen molar-refractivity contribution in [2.45, 2.75) is 19.4 Å². The molecule has 0 radical (unpaired) electrons. The van der Waals surface area contributed by atoms with Crippen molar-refractivity contribution in [2.75, 3.05) is 13.7 Å². The van der Waals surface area contributed by atoms with E-state index >= 15 is 0 Å². The second-order valence-corrected chi connectivity index (χ2v) is 3.65. The number of benzene rings is 1. The monoisotopic (exact) mass is 206 g/mol. The molecular weight excluding hydrogens is 192 g/mol. The molecule has 1 atom stereocenters. The largest absolute Gasteiger partial charge is 0.497 e. The fourth-order valence-corrected chi connectivity index (χ4v) is 1.78. The molecule has 0 aliphatic carbocycles. The van der Waals surface area contributed by atoms with Gasteiger partial charge >= 0.3 is 0 Å². The first-order chi connectivity index (χ1) is 7.22. The predicted octanol–water partition coefficient (Wildman–Crippen LogP) is 1.84. The maximum Gasteiger partial charge on any atom is 0.191 e. The highest BCUT2D eigenvalue weighted by Crippen LogP contribution is 2.22. The van der Waals surface area contributed by atoms with Crippen LogP contribution in [0.25, 0.3) is 0 Å². The van der Waals surface area contributed by atoms with E-state index in [1.807, 2.05) is 18.2 Å². The normalized spacial score (nSPS) is 20.7. The third-order valence-electron chi connectivity index (χ3n) is 2.69. The van der Waals surface area contributed by atoms with Gasteiger partial charge < -0.3 is 9.47 Å². The summed E-state index contributed by atoms with van der Waals surface area (Å²) in [5.74, 6) is 0.848. The number of carbonyl (C=O) groups excluding carboxylic acids is 1. The second-order valence-electron chi connectivity index (χ2n) is 3.65. The van der Waals surface area contributed by atoms with E-state index in [0.717, 1.165) is 23.3 Å². The Morgan fingerprint density at radius 2 is 2.27 bits per heavy atom. The number of ether oxygens (including phenoxy) is 2. The Balaban J connectivity index is 2.44. The van der Waals surface area contributed by atoms with Gasteiger partial charge in [0.25, 0.3) is 0 Å². The van der Waals surface area contributed by atoms with Gasteiger partial charge in [-0.25, -0.2) is 0 Å². The maximum atomic E-state index is 11.9. The van der Waals surface area contributed by atoms with Gasteiger partial charge in [0.2, 0.25) is 0 Å². The molecule has 0 bridgehead atoms. The van der Waals surface area contributed by atoms with Crippen molar-refractivity contribution in [3.8, 4) is 5.75 Å². The standard InChI is InChI=1S/C12H14O3/c1-8-12(13)11-4-3-10(14-2)7-9(11)5-6-15-8/h3-4,7-8H,5-6H2,1-2H3. The quantitative estimate of drug-likeness (QED) is 0.703. The van der Waals surface area contributed by atoms with Crippen molar-refractivity contribution in [3.05, 3.63) is 29.3 Å². The third-order valence-corrected chi connectivity index (χ3v) is 2.69. The average Bonchev–Trinajstić information content (AvgIpc) is 2.40. The molecule has 1 aliphatic heterocycles. The van der Waals surface area contributed by atoms with Crippen molar-refractivity contribution < 1.29 is 14.3 Å². The molecule has 3 heteroatoms. The van der Waals surface area contributed by atoms with Gasteiger partial charge in [-0.3, -0.25) is 4.79 Å². The number of hydrogen-bond donors (Lipinski definition) is 0. The third kappa shape index (κ3) is 1.88. The number of fused-ring (bicyclic) bond motifs is 1. The van der Waals surface area contributed by atoms with E-state index in [1.54, 1.807) is 14.0 Å². The molecular formula is C12H14O3. The van der Waals surface area contributed by atoms with Crippen LogP contribution in [0.1, 0.15) is 22.8 Å². The van der Waals surface area contributed by atoms with Gasteiger partial charge in [0, 0.05) is 5.56 Å². The first kappa shape index (κ1) is 10.2. The SMILES string of the molecule is COc1ccc2c(c1)CCOC(C)C2=O. The van der Waals surface area contributed by atoms with Crippen LogP contribution in [0, 0.1) is 0 Å². The lowest BCUT2D eigenvalue weighted by molar-refractivity contribution is 0.0518. The van der Waals surface area contributed by atoms with E-state index in [-0.39, 0.29) is 11.9 Å². The summed E-state index contributed by atoms with van der Waals surface area (Å²) < 4.78 is 10.5. The topological polar surface area (TPSA) is 35.5 Å². The molecule has 1 aromatic rings. The summed E-state index contributed by atoms with van der Waals surface area (Å²) in [6.45, 7) is 2.38. The molecule has 0 N–H and O–H groups in total. The number of methoxy groups -OCH3 is 1. The lowest BCUT2D eigenvalue weighted by atomic mass is 10.00. The molecule has 0 aromatic heterocycles. The Labute approximate surface area is 89.0 Å². The van der Waals surface area contributed by atoms with Gasteiger partial charge in [-0.15, -0.1) is 0 Å². The first-order valence-electron chi connectivity index (χ1n) is 5.05. The summed E-state index contributed by atoms with van der Waals surface area (Å²) in [4.78, 5) is 11.9. The van der Waals surface area contributed by atoms with Crippen LogP contribution in [0.4, 0.5) is 0 Å². The van der Waals surface area contributed by atoms with E-state index in [0.29, 0.717) is 6.61 Å². The van der Waals surface area contributed by atoms with Crippen molar-refractivity contribution in [1.82, 2.24) is 0 Å². The van der Waals surface area contributed by atoms with Crippen LogP contribution in [0.3, 0.4) is 0 Å². The highest BCUT2D eigenvalue weighted by Gasteiger charge is 2.22. The maximum absolute atomic E-state index is 11.9. The summed E-state index contributed by atoms with van der Waals surface area (Å²) in [5, 5.41) is 0. The van der Waals surface area contributed by atoms with Gasteiger partial charge in [0.15, 0.2) is 5.78 Å². The molecule has 3 nitrogen and oxygen atoms in total. The molecule has 0 spiro atoms. The molecule has 80 valence electrons. The average molecular weight is 206 g/mol. The van der Waals surface area contributed by atoms with Gasteiger partial charge in [-0.2, -0.15) is 0 Å². The van der Waals surface area contributed by atoms with Crippen LogP contribution in [-0.2, 0) is 11.2 Å². The van der Waals surface area contributed by atoms with E-state index < -0.39 is 0 Å². The minimum atomic E-state index is -0.334. The molecule has 1 heterocycles. The molecule has 0 saturated heterocycles. The molecule has 2 rings (SSSR count). The zero-order valence-electron chi connectivity index (χ0n) is 8.95. The van der Waals surface area contributed by atoms with Crippen LogP contribution >= 0.6 is 0 Å². The van der Waals surface area contributed by atoms with Crippen LogP contribution in [0.5, 0.6) is 5.75 Å². The molecule has 15 heavy (non-hydrogen) atoms. The molecule has 0 amide bonds. The van der Waals surface area contributed by atoms with Crippen LogP contribution in [0.15, 0.2) is 18.2 Å². The van der Waals surface area contributed by atoms with E-state index in [4.69, 9.17) is 9.47 Å². The van der Waals surface area contributed by atoms with Crippen LogP contribution < -0.4 is 4.74 Å². The Morgan fingerprint density at radius 3 is 3.00 bits per heavy atom. The Kier molecular flexibility index (Phi) is 2.73. The van der Waals surface area contributed by atoms with Gasteiger partial charge in [0.1, 0.15) is 11.9 Å². The summed E-state index contributed by atoms with van der Waals surface area (Å²) >= 11 is 0. The van der Waals surface area contributed by atoms with Crippen molar-refractivity contribution in [2.24, 2.45) is 0 Å². The first-order valence-corrected chi connectivity index (χ1v) is 5.05. The number of ketones is 1. The Bertz CT molecular complexity index is 384. The van der Waals surface area contributed by atoms with E-state index in [2.05, 4.69) is 0 Å². The molecule has 0 saturated carbocycles. The fraction of sp³-hybridized carbons (Fsp3) is 0.417. The Morgan fingerprint density at radius 1 is 1.47 bits per heavy atom. The minimum Gasteiger partial charge on any atom is -0.497 e. The van der Waals surface area contributed by atoms with Crippen molar-refractivity contribution in [1.29, 1.82) is 0 Å². The summed E-state index contributed by atoms with van der Waals surface area (Å²) in [6.07, 6.45) is 0.433. The smallest absolute Gasteiger partial charge is 0.191 e. The lowest BCUT2D eigenvalue weighted by Gasteiger charge is -2.08. The van der Waals surface area contributed by atoms with Gasteiger partial charge in [0.05, 0.1) is 13.7 Å². The molecule has 1 unspecified atom stereocenters. The van der Waals surface area contributed by atoms with E-state index in [9.17, 15) is 4.79 Å². The van der Waals surface area contributed by atoms with Crippen molar-refractivity contribution >= 4 is 5.78 Å². The zero-order chi connectivity index (χ0) is 10.8. The molecule has 0 fully saturated rings. The van der Waals surface area contributed by atoms with Crippen LogP contribution in [0.2, 0.25) is 0 Å². The summed E-state index contributed by atoms with van der Waals surface area (Å²) in [6, 6.07) is 5.55. The van der Waals surface area contributed by atoms with Crippen molar-refractivity contribution in [3.63, 3.8) is 0 Å². The number of carbonyl (C=O) groups is 1. The highest BCUT2D eigenvalue weighted by atomic mass is 16.5. The van der Waals surface area contributed by atoms with Crippen LogP contribution in [-0.4, -0.2) is 25.6 Å². The van der Waals surface area contributed by atoms with Gasteiger partial charge in [-0.05, 0) is 37.1 Å². The zero-order valence-corrected chi connectivity index (χ0v) is 8.95. The molecule has 1 aromatic carbocycles. The second kappa shape index (κ2) is 4.03. The van der Waals surface area contributed by atoms with Gasteiger partial charge in [-0.1, -0.05) is 0 Å². The minimum absolute atomic E-state index is 0.0603.